The average molecular weight is 351 g/mol. The van der Waals surface area contributed by atoms with Gasteiger partial charge in [-0.1, -0.05) is 12.1 Å². The molecule has 0 aliphatic heterocycles. The van der Waals surface area contributed by atoms with Crippen molar-refractivity contribution in [3.63, 3.8) is 0 Å². The van der Waals surface area contributed by atoms with Crippen molar-refractivity contribution >= 4 is 22.6 Å². The number of carbonyl (C=O) groups excluding carboxylic acids is 1. The fourth-order valence-corrected chi connectivity index (χ4v) is 2.36. The summed E-state index contributed by atoms with van der Waals surface area (Å²) < 4.78 is 41.2. The molecule has 10 heteroatoms. The summed E-state index contributed by atoms with van der Waals surface area (Å²) in [4.78, 5) is 28.4. The van der Waals surface area contributed by atoms with Crippen molar-refractivity contribution in [3.05, 3.63) is 52.7 Å². The van der Waals surface area contributed by atoms with E-state index in [9.17, 15) is 22.8 Å². The molecule has 0 saturated carbocycles. The summed E-state index contributed by atoms with van der Waals surface area (Å²) in [7, 11) is 1.61. The van der Waals surface area contributed by atoms with Crippen LogP contribution in [0.4, 0.5) is 18.9 Å². The van der Waals surface area contributed by atoms with Crippen molar-refractivity contribution in [2.45, 2.75) is 12.7 Å². The highest BCUT2D eigenvalue weighted by molar-refractivity contribution is 5.91. The van der Waals surface area contributed by atoms with E-state index in [1.165, 1.54) is 23.0 Å². The van der Waals surface area contributed by atoms with Crippen molar-refractivity contribution < 1.29 is 18.0 Å². The van der Waals surface area contributed by atoms with Crippen LogP contribution < -0.4 is 10.9 Å². The van der Waals surface area contributed by atoms with Crippen LogP contribution in [0.3, 0.4) is 0 Å². The summed E-state index contributed by atoms with van der Waals surface area (Å²) in [6, 6.07) is 4.61. The number of anilines is 1. The van der Waals surface area contributed by atoms with Gasteiger partial charge in [0, 0.05) is 7.05 Å². The highest BCUT2D eigenvalue weighted by Crippen LogP contribution is 2.34. The Balaban J connectivity index is 1.85. The van der Waals surface area contributed by atoms with Gasteiger partial charge in [0.05, 0.1) is 17.4 Å². The van der Waals surface area contributed by atoms with Gasteiger partial charge in [-0.05, 0) is 12.1 Å². The maximum Gasteiger partial charge on any atom is 0.418 e. The third kappa shape index (κ3) is 3.23. The highest BCUT2D eigenvalue weighted by Gasteiger charge is 2.33. The smallest absolute Gasteiger partial charge is 0.324 e. The fourth-order valence-electron chi connectivity index (χ4n) is 2.36. The van der Waals surface area contributed by atoms with Gasteiger partial charge in [0.2, 0.25) is 5.91 Å². The Labute approximate surface area is 138 Å². The van der Waals surface area contributed by atoms with Crippen LogP contribution in [0.1, 0.15) is 5.56 Å². The Morgan fingerprint density at radius 3 is 2.72 bits per heavy atom. The molecule has 0 bridgehead atoms. The molecule has 0 radical (unpaired) electrons. The Hall–Kier alpha value is -3.17. The molecule has 0 saturated heterocycles. The van der Waals surface area contributed by atoms with Gasteiger partial charge in [0.15, 0.2) is 5.65 Å². The minimum absolute atomic E-state index is 0.216. The largest absolute Gasteiger partial charge is 0.418 e. The zero-order valence-corrected chi connectivity index (χ0v) is 12.9. The normalized spacial score (nSPS) is 11.7. The Bertz CT molecular complexity index is 1010. The third-order valence-corrected chi connectivity index (χ3v) is 3.54. The number of alkyl halides is 3. The van der Waals surface area contributed by atoms with Gasteiger partial charge in [-0.15, -0.1) is 0 Å². The number of hydrogen-bond acceptors (Lipinski definition) is 4. The van der Waals surface area contributed by atoms with Crippen LogP contribution in [0.2, 0.25) is 0 Å². The minimum Gasteiger partial charge on any atom is -0.324 e. The van der Waals surface area contributed by atoms with E-state index in [-0.39, 0.29) is 11.1 Å². The zero-order chi connectivity index (χ0) is 18.2. The molecule has 1 N–H and O–H groups in total. The minimum atomic E-state index is -4.60. The van der Waals surface area contributed by atoms with Gasteiger partial charge in [-0.2, -0.15) is 18.3 Å². The predicted octanol–water partition coefficient (Wildman–Crippen LogP) is 1.79. The van der Waals surface area contributed by atoms with E-state index < -0.39 is 29.8 Å². The van der Waals surface area contributed by atoms with Gasteiger partial charge >= 0.3 is 6.18 Å². The summed E-state index contributed by atoms with van der Waals surface area (Å²) in [5.74, 6) is -0.774. The number of para-hydroxylation sites is 1. The van der Waals surface area contributed by atoms with Crippen LogP contribution in [0.15, 0.2) is 41.6 Å². The van der Waals surface area contributed by atoms with Crippen LogP contribution in [0, 0.1) is 0 Å². The lowest BCUT2D eigenvalue weighted by atomic mass is 10.1. The molecule has 2 heterocycles. The second-order valence-electron chi connectivity index (χ2n) is 5.27. The molecule has 0 unspecified atom stereocenters. The Morgan fingerprint density at radius 2 is 2.00 bits per heavy atom. The number of rotatable bonds is 3. The first-order valence-corrected chi connectivity index (χ1v) is 7.10. The van der Waals surface area contributed by atoms with Crippen molar-refractivity contribution in [2.75, 3.05) is 5.32 Å². The lowest BCUT2D eigenvalue weighted by molar-refractivity contribution is -0.137. The topological polar surface area (TPSA) is 81.8 Å². The number of aromatic nitrogens is 4. The SMILES string of the molecule is Cn1ncc2c(=O)n(CC(=O)Nc3ccccc3C(F)(F)F)cnc21. The van der Waals surface area contributed by atoms with Crippen LogP contribution in [0.5, 0.6) is 0 Å². The van der Waals surface area contributed by atoms with E-state index in [0.717, 1.165) is 23.0 Å². The maximum atomic E-state index is 12.9. The number of halogens is 3. The Kier molecular flexibility index (Phi) is 4.03. The number of fused-ring (bicyclic) bond motifs is 1. The molecule has 3 rings (SSSR count). The number of carbonyl (C=O) groups is 1. The average Bonchev–Trinajstić information content (AvgIpc) is 2.91. The van der Waals surface area contributed by atoms with Gasteiger partial charge in [-0.3, -0.25) is 18.8 Å². The molecule has 2 aromatic heterocycles. The van der Waals surface area contributed by atoms with E-state index in [4.69, 9.17) is 0 Å². The number of benzene rings is 1. The lowest BCUT2D eigenvalue weighted by Gasteiger charge is -2.13. The summed E-state index contributed by atoms with van der Waals surface area (Å²) in [6.07, 6.45) is -2.13. The quantitative estimate of drug-likeness (QED) is 0.780. The summed E-state index contributed by atoms with van der Waals surface area (Å²) in [6.45, 7) is -0.469. The standard InChI is InChI=1S/C15H12F3N5O2/c1-22-13-9(6-20-22)14(25)23(8-19-13)7-12(24)21-11-5-3-2-4-10(11)15(16,17)18/h2-6,8H,7H2,1H3,(H,21,24). The second-order valence-corrected chi connectivity index (χ2v) is 5.27. The molecular weight excluding hydrogens is 339 g/mol. The van der Waals surface area contributed by atoms with Crippen LogP contribution in [-0.4, -0.2) is 25.2 Å². The molecule has 0 aliphatic rings. The molecule has 1 aromatic carbocycles. The van der Waals surface area contributed by atoms with Crippen LogP contribution in [-0.2, 0) is 24.6 Å². The first kappa shape index (κ1) is 16.7. The van der Waals surface area contributed by atoms with E-state index in [1.807, 2.05) is 0 Å². The molecule has 130 valence electrons. The molecular formula is C15H12F3N5O2. The molecule has 25 heavy (non-hydrogen) atoms. The van der Waals surface area contributed by atoms with Gasteiger partial charge in [-0.25, -0.2) is 4.98 Å². The van der Waals surface area contributed by atoms with E-state index >= 15 is 0 Å². The summed E-state index contributed by atoms with van der Waals surface area (Å²) >= 11 is 0. The zero-order valence-electron chi connectivity index (χ0n) is 12.9. The number of nitrogens with one attached hydrogen (secondary N) is 1. The van der Waals surface area contributed by atoms with Crippen LogP contribution in [0.25, 0.3) is 11.0 Å². The molecule has 0 atom stereocenters. The number of hydrogen-bond donors (Lipinski definition) is 1. The second kappa shape index (κ2) is 6.04. The number of amides is 1. The summed E-state index contributed by atoms with van der Waals surface area (Å²) in [5, 5.41) is 6.29. The molecule has 0 aliphatic carbocycles. The lowest BCUT2D eigenvalue weighted by Crippen LogP contribution is -2.28. The first-order chi connectivity index (χ1) is 11.8. The van der Waals surface area contributed by atoms with E-state index in [0.29, 0.717) is 5.65 Å². The molecule has 0 fully saturated rings. The molecule has 1 amide bonds. The molecule has 7 nitrogen and oxygen atoms in total. The Morgan fingerprint density at radius 1 is 1.28 bits per heavy atom. The third-order valence-electron chi connectivity index (χ3n) is 3.54. The van der Waals surface area contributed by atoms with Crippen molar-refractivity contribution in [3.8, 4) is 0 Å². The number of nitrogens with zero attached hydrogens (tertiary/aromatic N) is 4. The fraction of sp³-hybridized carbons (Fsp3) is 0.200. The predicted molar refractivity (Wildman–Crippen MR) is 82.8 cm³/mol. The van der Waals surface area contributed by atoms with Crippen LogP contribution >= 0.6 is 0 Å². The highest BCUT2D eigenvalue weighted by atomic mass is 19.4. The van der Waals surface area contributed by atoms with E-state index in [2.05, 4.69) is 15.4 Å². The molecule has 3 aromatic rings. The van der Waals surface area contributed by atoms with Crippen molar-refractivity contribution in [2.24, 2.45) is 7.05 Å². The van der Waals surface area contributed by atoms with Gasteiger partial charge in [0.25, 0.3) is 5.56 Å². The summed E-state index contributed by atoms with van der Waals surface area (Å²) in [5.41, 5.74) is -1.48. The van der Waals surface area contributed by atoms with Crippen molar-refractivity contribution in [1.82, 2.24) is 19.3 Å². The number of aryl methyl sites for hydroxylation is 1. The van der Waals surface area contributed by atoms with Gasteiger partial charge in [0.1, 0.15) is 18.3 Å². The first-order valence-electron chi connectivity index (χ1n) is 7.10. The van der Waals surface area contributed by atoms with Crippen molar-refractivity contribution in [1.29, 1.82) is 0 Å². The van der Waals surface area contributed by atoms with E-state index in [1.54, 1.807) is 7.05 Å². The van der Waals surface area contributed by atoms with Gasteiger partial charge < -0.3 is 5.32 Å². The monoisotopic (exact) mass is 351 g/mol. The molecule has 0 spiro atoms. The maximum absolute atomic E-state index is 12.9.